The lowest BCUT2D eigenvalue weighted by Crippen LogP contribution is -2.12. The fraction of sp³-hybridized carbons (Fsp3) is 0.167. The second-order valence-electron chi connectivity index (χ2n) is 4.04. The van der Waals surface area contributed by atoms with Crippen molar-refractivity contribution in [2.45, 2.75) is 6.92 Å². The topological polar surface area (TPSA) is 70.1 Å². The Kier molecular flexibility index (Phi) is 3.58. The minimum absolute atomic E-state index is 0.0673. The minimum atomic E-state index is -1.66. The number of ether oxygens (including phenoxy) is 1. The number of imidazole rings is 1. The third-order valence-corrected chi connectivity index (χ3v) is 2.77. The maximum absolute atomic E-state index is 13.8. The molecule has 21 heavy (non-hydrogen) atoms. The predicted octanol–water partition coefficient (Wildman–Crippen LogP) is 2.11. The third-order valence-electron chi connectivity index (χ3n) is 2.77. The van der Waals surface area contributed by atoms with Gasteiger partial charge in [-0.25, -0.2) is 27.3 Å². The summed E-state index contributed by atoms with van der Waals surface area (Å²) >= 11 is 0. The highest BCUT2D eigenvalue weighted by Gasteiger charge is 2.27. The van der Waals surface area contributed by atoms with E-state index in [9.17, 15) is 22.4 Å². The van der Waals surface area contributed by atoms with E-state index in [2.05, 4.69) is 9.72 Å². The number of hydrogen-bond donors (Lipinski definition) is 1. The summed E-state index contributed by atoms with van der Waals surface area (Å²) in [5.41, 5.74) is 4.06. The summed E-state index contributed by atoms with van der Waals surface area (Å²) in [6, 6.07) is 0.0673. The van der Waals surface area contributed by atoms with Crippen molar-refractivity contribution in [2.75, 3.05) is 12.8 Å². The van der Waals surface area contributed by atoms with Crippen molar-refractivity contribution >= 4 is 11.8 Å². The Hall–Kier alpha value is -2.58. The molecule has 0 aliphatic rings. The van der Waals surface area contributed by atoms with Crippen molar-refractivity contribution in [2.24, 2.45) is 0 Å². The number of benzene rings is 1. The Morgan fingerprint density at radius 3 is 2.24 bits per heavy atom. The van der Waals surface area contributed by atoms with Crippen LogP contribution in [0, 0.1) is 30.2 Å². The van der Waals surface area contributed by atoms with Crippen LogP contribution in [-0.4, -0.2) is 22.6 Å². The number of carbonyl (C=O) groups excluding carboxylic acids is 1. The first-order chi connectivity index (χ1) is 9.79. The van der Waals surface area contributed by atoms with Gasteiger partial charge in [0.25, 0.3) is 0 Å². The summed E-state index contributed by atoms with van der Waals surface area (Å²) in [5, 5.41) is 0. The van der Waals surface area contributed by atoms with E-state index >= 15 is 0 Å². The second-order valence-corrected chi connectivity index (χ2v) is 4.04. The molecule has 0 saturated heterocycles. The van der Waals surface area contributed by atoms with E-state index < -0.39 is 46.4 Å². The van der Waals surface area contributed by atoms with Crippen molar-refractivity contribution in [1.29, 1.82) is 0 Å². The number of nitrogens with two attached hydrogens (primary N) is 1. The van der Waals surface area contributed by atoms with Gasteiger partial charge < -0.3 is 10.5 Å². The van der Waals surface area contributed by atoms with Crippen LogP contribution in [0.1, 0.15) is 16.3 Å². The van der Waals surface area contributed by atoms with Crippen molar-refractivity contribution in [3.63, 3.8) is 0 Å². The molecule has 0 atom stereocenters. The van der Waals surface area contributed by atoms with Crippen LogP contribution in [0.25, 0.3) is 5.69 Å². The molecule has 1 heterocycles. The van der Waals surface area contributed by atoms with Crippen molar-refractivity contribution in [3.05, 3.63) is 40.9 Å². The van der Waals surface area contributed by atoms with Gasteiger partial charge in [0.15, 0.2) is 29.0 Å². The average molecular weight is 303 g/mol. The fourth-order valence-corrected chi connectivity index (χ4v) is 1.84. The van der Waals surface area contributed by atoms with Gasteiger partial charge in [0.1, 0.15) is 17.3 Å². The van der Waals surface area contributed by atoms with E-state index in [-0.39, 0.29) is 11.9 Å². The van der Waals surface area contributed by atoms with Crippen LogP contribution in [0.5, 0.6) is 0 Å². The molecule has 0 bridgehead atoms. The van der Waals surface area contributed by atoms with Gasteiger partial charge in [-0.05, 0) is 6.92 Å². The molecule has 9 heteroatoms. The lowest BCUT2D eigenvalue weighted by atomic mass is 10.2. The van der Waals surface area contributed by atoms with Gasteiger partial charge in [-0.15, -0.1) is 0 Å². The van der Waals surface area contributed by atoms with E-state index in [4.69, 9.17) is 5.73 Å². The zero-order chi connectivity index (χ0) is 15.9. The Bertz CT molecular complexity index is 717. The van der Waals surface area contributed by atoms with Crippen LogP contribution < -0.4 is 5.73 Å². The van der Waals surface area contributed by atoms with Crippen LogP contribution in [0.2, 0.25) is 0 Å². The molecule has 5 nitrogen and oxygen atoms in total. The Morgan fingerprint density at radius 1 is 1.24 bits per heavy atom. The van der Waals surface area contributed by atoms with Gasteiger partial charge in [-0.1, -0.05) is 0 Å². The Labute approximate surface area is 115 Å². The van der Waals surface area contributed by atoms with Gasteiger partial charge in [-0.2, -0.15) is 0 Å². The Morgan fingerprint density at radius 2 is 1.76 bits per heavy atom. The fourth-order valence-electron chi connectivity index (χ4n) is 1.84. The highest BCUT2D eigenvalue weighted by atomic mass is 19.2. The molecule has 0 aliphatic carbocycles. The molecule has 1 aromatic carbocycles. The lowest BCUT2D eigenvalue weighted by Gasteiger charge is -2.11. The summed E-state index contributed by atoms with van der Waals surface area (Å²) in [7, 11) is 1.05. The van der Waals surface area contributed by atoms with Crippen LogP contribution in [0.4, 0.5) is 23.4 Å². The molecule has 112 valence electrons. The molecular weight excluding hydrogens is 294 g/mol. The monoisotopic (exact) mass is 303 g/mol. The van der Waals surface area contributed by atoms with E-state index in [1.807, 2.05) is 0 Å². The number of nitrogen functional groups attached to an aromatic ring is 1. The Balaban J connectivity index is 2.80. The molecule has 0 radical (unpaired) electrons. The molecule has 0 amide bonds. The van der Waals surface area contributed by atoms with Gasteiger partial charge in [-0.3, -0.25) is 4.57 Å². The first kappa shape index (κ1) is 14.8. The van der Waals surface area contributed by atoms with Crippen LogP contribution in [-0.2, 0) is 4.74 Å². The van der Waals surface area contributed by atoms with E-state index in [0.29, 0.717) is 4.57 Å². The molecule has 2 rings (SSSR count). The molecule has 0 spiro atoms. The standard InChI is InChI=1S/C12H9F4N3O2/c1-4-18-9(12(20)21-2)11(17)19(4)10-7(15)5(13)3-6(14)8(10)16/h3H,17H2,1-2H3. The first-order valence-corrected chi connectivity index (χ1v) is 5.56. The maximum Gasteiger partial charge on any atom is 0.360 e. The average Bonchev–Trinajstić information content (AvgIpc) is 2.73. The minimum Gasteiger partial charge on any atom is -0.464 e. The number of nitrogens with zero attached hydrogens (tertiary/aromatic N) is 2. The molecule has 1 aromatic heterocycles. The summed E-state index contributed by atoms with van der Waals surface area (Å²) in [4.78, 5) is 15.1. The number of rotatable bonds is 2. The summed E-state index contributed by atoms with van der Waals surface area (Å²) in [6.45, 7) is 1.25. The highest BCUT2D eigenvalue weighted by molar-refractivity contribution is 5.92. The molecule has 0 saturated carbocycles. The SMILES string of the molecule is COC(=O)c1nc(C)n(-c2c(F)c(F)cc(F)c2F)c1N. The number of anilines is 1. The largest absolute Gasteiger partial charge is 0.464 e. The van der Waals surface area contributed by atoms with Gasteiger partial charge in [0.2, 0.25) is 0 Å². The van der Waals surface area contributed by atoms with Crippen molar-refractivity contribution in [1.82, 2.24) is 9.55 Å². The lowest BCUT2D eigenvalue weighted by molar-refractivity contribution is 0.0595. The second kappa shape index (κ2) is 5.08. The quantitative estimate of drug-likeness (QED) is 0.524. The molecule has 2 aromatic rings. The number of carbonyl (C=O) groups is 1. The molecule has 0 unspecified atom stereocenters. The molecule has 0 aliphatic heterocycles. The number of methoxy groups -OCH3 is 1. The van der Waals surface area contributed by atoms with E-state index in [1.165, 1.54) is 6.92 Å². The van der Waals surface area contributed by atoms with Crippen molar-refractivity contribution in [3.8, 4) is 5.69 Å². The van der Waals surface area contributed by atoms with Crippen LogP contribution >= 0.6 is 0 Å². The molecule has 2 N–H and O–H groups in total. The normalized spacial score (nSPS) is 10.8. The highest BCUT2D eigenvalue weighted by Crippen LogP contribution is 2.28. The van der Waals surface area contributed by atoms with Crippen LogP contribution in [0.15, 0.2) is 6.07 Å². The van der Waals surface area contributed by atoms with Gasteiger partial charge in [0.05, 0.1) is 7.11 Å². The summed E-state index contributed by atoms with van der Waals surface area (Å²) in [6.07, 6.45) is 0. The first-order valence-electron chi connectivity index (χ1n) is 5.56. The molecule has 0 fully saturated rings. The molecular formula is C12H9F4N3O2. The predicted molar refractivity (Wildman–Crippen MR) is 63.9 cm³/mol. The zero-order valence-corrected chi connectivity index (χ0v) is 10.9. The van der Waals surface area contributed by atoms with Crippen molar-refractivity contribution < 1.29 is 27.1 Å². The maximum atomic E-state index is 13.8. The summed E-state index contributed by atoms with van der Waals surface area (Å²) in [5.74, 6) is -8.10. The smallest absolute Gasteiger partial charge is 0.360 e. The van der Waals surface area contributed by atoms with Gasteiger partial charge >= 0.3 is 5.97 Å². The van der Waals surface area contributed by atoms with Gasteiger partial charge in [0, 0.05) is 6.07 Å². The zero-order valence-electron chi connectivity index (χ0n) is 10.9. The number of aromatic nitrogens is 2. The van der Waals surface area contributed by atoms with E-state index in [1.54, 1.807) is 0 Å². The third kappa shape index (κ3) is 2.20. The summed E-state index contributed by atoms with van der Waals surface area (Å²) < 4.78 is 59.1. The van der Waals surface area contributed by atoms with E-state index in [0.717, 1.165) is 7.11 Å². The van der Waals surface area contributed by atoms with Crippen LogP contribution in [0.3, 0.4) is 0 Å². The number of hydrogen-bond acceptors (Lipinski definition) is 4. The number of aryl methyl sites for hydroxylation is 1. The number of esters is 1. The number of halogens is 4.